The van der Waals surface area contributed by atoms with Crippen molar-refractivity contribution in [1.82, 2.24) is 30.4 Å². The van der Waals surface area contributed by atoms with Crippen LogP contribution in [0.15, 0.2) is 17.5 Å². The molecule has 0 aromatic carbocycles. The van der Waals surface area contributed by atoms with Gasteiger partial charge in [0, 0.05) is 33.2 Å². The number of nitrogens with zero attached hydrogens (tertiary/aromatic N) is 5. The summed E-state index contributed by atoms with van der Waals surface area (Å²) in [6, 6.07) is 0.407. The van der Waals surface area contributed by atoms with E-state index in [4.69, 9.17) is 0 Å². The molecule has 2 aromatic heterocycles. The summed E-state index contributed by atoms with van der Waals surface area (Å²) in [5.41, 5.74) is 0.822. The van der Waals surface area contributed by atoms with Gasteiger partial charge >= 0.3 is 0 Å². The maximum absolute atomic E-state index is 4.30. The number of guanidine groups is 1. The molecule has 3 N–H and O–H groups in total. The SMILES string of the molecule is CN=C(NCCNc1ncnc2c1cnn2C)NC(C)CCCC(C)C. The van der Waals surface area contributed by atoms with E-state index in [9.17, 15) is 0 Å². The molecule has 0 saturated heterocycles. The Hall–Kier alpha value is -2.38. The lowest BCUT2D eigenvalue weighted by Crippen LogP contribution is -2.43. The predicted molar refractivity (Wildman–Crippen MR) is 107 cm³/mol. The average Bonchev–Trinajstić information content (AvgIpc) is 2.99. The lowest BCUT2D eigenvalue weighted by atomic mass is 10.0. The molecule has 1 unspecified atom stereocenters. The first-order valence-electron chi connectivity index (χ1n) is 9.35. The van der Waals surface area contributed by atoms with E-state index in [1.165, 1.54) is 12.8 Å². The first-order chi connectivity index (χ1) is 12.5. The normalized spacial score (nSPS) is 13.2. The minimum atomic E-state index is 0.407. The zero-order valence-electron chi connectivity index (χ0n) is 16.6. The average molecular weight is 361 g/mol. The molecule has 144 valence electrons. The molecule has 0 aliphatic rings. The van der Waals surface area contributed by atoms with E-state index in [1.54, 1.807) is 24.3 Å². The number of hydrogen-bond donors (Lipinski definition) is 3. The molecule has 2 rings (SSSR count). The molecule has 0 aliphatic heterocycles. The topological polar surface area (TPSA) is 92.1 Å². The van der Waals surface area contributed by atoms with Crippen LogP contribution in [0.5, 0.6) is 0 Å². The van der Waals surface area contributed by atoms with Crippen LogP contribution in [0.2, 0.25) is 0 Å². The van der Waals surface area contributed by atoms with Crippen LogP contribution < -0.4 is 16.0 Å². The summed E-state index contributed by atoms with van der Waals surface area (Å²) in [5.74, 6) is 2.40. The number of fused-ring (bicyclic) bond motifs is 1. The largest absolute Gasteiger partial charge is 0.368 e. The highest BCUT2D eigenvalue weighted by atomic mass is 15.3. The Kier molecular flexibility index (Phi) is 7.62. The second-order valence-corrected chi connectivity index (χ2v) is 7.02. The summed E-state index contributed by atoms with van der Waals surface area (Å²) in [7, 11) is 3.67. The summed E-state index contributed by atoms with van der Waals surface area (Å²) in [4.78, 5) is 12.8. The predicted octanol–water partition coefficient (Wildman–Crippen LogP) is 2.15. The number of rotatable bonds is 9. The lowest BCUT2D eigenvalue weighted by Gasteiger charge is -2.18. The number of aliphatic imine (C=N–C) groups is 1. The van der Waals surface area contributed by atoms with E-state index in [0.29, 0.717) is 6.04 Å². The lowest BCUT2D eigenvalue weighted by molar-refractivity contribution is 0.491. The Labute approximate surface area is 155 Å². The molecule has 2 aromatic rings. The van der Waals surface area contributed by atoms with E-state index in [0.717, 1.165) is 48.2 Å². The Morgan fingerprint density at radius 1 is 1.19 bits per heavy atom. The van der Waals surface area contributed by atoms with Crippen molar-refractivity contribution in [2.24, 2.45) is 18.0 Å². The highest BCUT2D eigenvalue weighted by Gasteiger charge is 2.08. The molecular formula is C18H32N8. The quantitative estimate of drug-likeness (QED) is 0.360. The first-order valence-corrected chi connectivity index (χ1v) is 9.35. The molecule has 8 nitrogen and oxygen atoms in total. The summed E-state index contributed by atoms with van der Waals surface area (Å²) in [6.07, 6.45) is 6.99. The van der Waals surface area contributed by atoms with E-state index in [2.05, 4.69) is 56.8 Å². The Balaban J connectivity index is 1.73. The second kappa shape index (κ2) is 9.94. The number of aryl methyl sites for hydroxylation is 1. The summed E-state index contributed by atoms with van der Waals surface area (Å²) >= 11 is 0. The van der Waals surface area contributed by atoms with Crippen molar-refractivity contribution in [1.29, 1.82) is 0 Å². The maximum atomic E-state index is 4.30. The van der Waals surface area contributed by atoms with Crippen molar-refractivity contribution in [3.63, 3.8) is 0 Å². The van der Waals surface area contributed by atoms with Crippen LogP contribution in [0.25, 0.3) is 11.0 Å². The molecule has 0 bridgehead atoms. The minimum Gasteiger partial charge on any atom is -0.368 e. The second-order valence-electron chi connectivity index (χ2n) is 7.02. The summed E-state index contributed by atoms with van der Waals surface area (Å²) in [6.45, 7) is 8.20. The Morgan fingerprint density at radius 2 is 2.00 bits per heavy atom. The molecule has 0 saturated carbocycles. The minimum absolute atomic E-state index is 0.407. The van der Waals surface area contributed by atoms with E-state index < -0.39 is 0 Å². The maximum Gasteiger partial charge on any atom is 0.191 e. The molecule has 0 fully saturated rings. The van der Waals surface area contributed by atoms with Gasteiger partial charge in [0.2, 0.25) is 0 Å². The molecule has 1 atom stereocenters. The molecule has 0 radical (unpaired) electrons. The van der Waals surface area contributed by atoms with Crippen molar-refractivity contribution < 1.29 is 0 Å². The van der Waals surface area contributed by atoms with Gasteiger partial charge in [-0.05, 0) is 19.3 Å². The van der Waals surface area contributed by atoms with Gasteiger partial charge in [-0.15, -0.1) is 0 Å². The zero-order chi connectivity index (χ0) is 18.9. The van der Waals surface area contributed by atoms with Gasteiger partial charge in [-0.2, -0.15) is 5.10 Å². The monoisotopic (exact) mass is 360 g/mol. The molecule has 0 amide bonds. The van der Waals surface area contributed by atoms with Crippen molar-refractivity contribution in [2.75, 3.05) is 25.5 Å². The number of hydrogen-bond acceptors (Lipinski definition) is 5. The molecule has 2 heterocycles. The Bertz CT molecular complexity index is 706. The fourth-order valence-corrected chi connectivity index (χ4v) is 2.80. The third-order valence-electron chi connectivity index (χ3n) is 4.26. The third-order valence-corrected chi connectivity index (χ3v) is 4.26. The van der Waals surface area contributed by atoms with Crippen molar-refractivity contribution in [3.8, 4) is 0 Å². The molecule has 26 heavy (non-hydrogen) atoms. The summed E-state index contributed by atoms with van der Waals surface area (Å²) < 4.78 is 1.74. The van der Waals surface area contributed by atoms with Crippen LogP contribution >= 0.6 is 0 Å². The molecular weight excluding hydrogens is 328 g/mol. The van der Waals surface area contributed by atoms with Gasteiger partial charge in [0.1, 0.15) is 12.1 Å². The highest BCUT2D eigenvalue weighted by Crippen LogP contribution is 2.17. The molecule has 0 spiro atoms. The van der Waals surface area contributed by atoms with E-state index in [-0.39, 0.29) is 0 Å². The van der Waals surface area contributed by atoms with Crippen LogP contribution in [0.1, 0.15) is 40.0 Å². The van der Waals surface area contributed by atoms with Crippen molar-refractivity contribution >= 4 is 22.8 Å². The van der Waals surface area contributed by atoms with Crippen LogP contribution in [-0.2, 0) is 7.05 Å². The fourth-order valence-electron chi connectivity index (χ4n) is 2.80. The number of aromatic nitrogens is 4. The smallest absolute Gasteiger partial charge is 0.191 e. The van der Waals surface area contributed by atoms with Gasteiger partial charge in [0.05, 0.1) is 11.6 Å². The zero-order valence-corrected chi connectivity index (χ0v) is 16.6. The van der Waals surface area contributed by atoms with Gasteiger partial charge in [-0.25, -0.2) is 9.97 Å². The van der Waals surface area contributed by atoms with Crippen LogP contribution in [0.3, 0.4) is 0 Å². The van der Waals surface area contributed by atoms with Gasteiger partial charge in [0.15, 0.2) is 11.6 Å². The van der Waals surface area contributed by atoms with Crippen LogP contribution in [0.4, 0.5) is 5.82 Å². The molecule has 0 aliphatic carbocycles. The number of anilines is 1. The highest BCUT2D eigenvalue weighted by molar-refractivity contribution is 5.86. The van der Waals surface area contributed by atoms with Crippen molar-refractivity contribution in [2.45, 2.75) is 46.1 Å². The molecule has 8 heteroatoms. The van der Waals surface area contributed by atoms with Crippen LogP contribution in [0, 0.1) is 5.92 Å². The van der Waals surface area contributed by atoms with Gasteiger partial charge < -0.3 is 16.0 Å². The Morgan fingerprint density at radius 3 is 2.73 bits per heavy atom. The third kappa shape index (κ3) is 5.86. The fraction of sp³-hybridized carbons (Fsp3) is 0.667. The van der Waals surface area contributed by atoms with Crippen molar-refractivity contribution in [3.05, 3.63) is 12.5 Å². The first kappa shape index (κ1) is 19.9. The van der Waals surface area contributed by atoms with E-state index in [1.807, 2.05) is 7.05 Å². The van der Waals surface area contributed by atoms with Crippen LogP contribution in [-0.4, -0.2) is 51.9 Å². The van der Waals surface area contributed by atoms with E-state index >= 15 is 0 Å². The number of nitrogens with one attached hydrogen (secondary N) is 3. The van der Waals surface area contributed by atoms with Gasteiger partial charge in [0.25, 0.3) is 0 Å². The summed E-state index contributed by atoms with van der Waals surface area (Å²) in [5, 5.41) is 15.3. The van der Waals surface area contributed by atoms with Gasteiger partial charge in [-0.1, -0.05) is 26.7 Å². The standard InChI is InChI=1S/C18H32N8/c1-13(2)7-6-8-14(3)25-18(19-4)21-10-9-20-16-15-11-24-26(5)17(15)23-12-22-16/h11-14H,6-10H2,1-5H3,(H2,19,21,25)(H,20,22,23). The van der Waals surface area contributed by atoms with Gasteiger partial charge in [-0.3, -0.25) is 9.67 Å².